The molecule has 5 heteroatoms. The number of primary amides is 1. The molecule has 0 unspecified atom stereocenters. The van der Waals surface area contributed by atoms with Gasteiger partial charge in [-0.3, -0.25) is 0 Å². The Kier molecular flexibility index (Phi) is 4.83. The van der Waals surface area contributed by atoms with Gasteiger partial charge >= 0.3 is 6.09 Å². The minimum Gasteiger partial charge on any atom is -0.448 e. The molecule has 3 N–H and O–H groups in total. The van der Waals surface area contributed by atoms with Crippen LogP contribution < -0.4 is 11.1 Å². The number of hydrogen-bond acceptors (Lipinski definition) is 4. The van der Waals surface area contributed by atoms with Gasteiger partial charge in [-0.25, -0.2) is 4.79 Å². The molecule has 0 aliphatic heterocycles. The molecule has 0 aromatic heterocycles. The molecule has 1 aromatic rings. The molecule has 1 aromatic carbocycles. The molecular formula is C11H13N3O2. The third-order valence-corrected chi connectivity index (χ3v) is 1.94. The number of carbonyl (C=O) groups is 1. The Bertz CT molecular complexity index is 381. The van der Waals surface area contributed by atoms with Crippen LogP contribution in [0.25, 0.3) is 0 Å². The lowest BCUT2D eigenvalue weighted by atomic mass is 10.1. The van der Waals surface area contributed by atoms with Crippen LogP contribution in [0.4, 0.5) is 4.79 Å². The fourth-order valence-corrected chi connectivity index (χ4v) is 1.15. The van der Waals surface area contributed by atoms with Gasteiger partial charge in [0.2, 0.25) is 0 Å². The van der Waals surface area contributed by atoms with E-state index in [2.05, 4.69) is 16.1 Å². The maximum atomic E-state index is 10.2. The number of ether oxygens (including phenoxy) is 1. The van der Waals surface area contributed by atoms with Gasteiger partial charge in [-0.05, 0) is 17.7 Å². The molecule has 0 radical (unpaired) electrons. The zero-order valence-corrected chi connectivity index (χ0v) is 8.77. The van der Waals surface area contributed by atoms with Crippen LogP contribution in [0.3, 0.4) is 0 Å². The van der Waals surface area contributed by atoms with Crippen molar-refractivity contribution >= 4 is 6.09 Å². The summed E-state index contributed by atoms with van der Waals surface area (Å²) < 4.78 is 4.55. The zero-order chi connectivity index (χ0) is 11.8. The van der Waals surface area contributed by atoms with Crippen LogP contribution in [0, 0.1) is 11.3 Å². The number of carbonyl (C=O) groups excluding carboxylic acids is 1. The first-order valence-corrected chi connectivity index (χ1v) is 4.84. The van der Waals surface area contributed by atoms with E-state index in [1.807, 2.05) is 12.1 Å². The highest BCUT2D eigenvalue weighted by atomic mass is 16.5. The first kappa shape index (κ1) is 12.0. The maximum Gasteiger partial charge on any atom is 0.404 e. The molecular weight excluding hydrogens is 206 g/mol. The van der Waals surface area contributed by atoms with Gasteiger partial charge in [0.25, 0.3) is 0 Å². The first-order valence-electron chi connectivity index (χ1n) is 4.84. The van der Waals surface area contributed by atoms with E-state index in [0.29, 0.717) is 18.7 Å². The molecule has 84 valence electrons. The number of nitriles is 1. The summed E-state index contributed by atoms with van der Waals surface area (Å²) in [4.78, 5) is 10.2. The van der Waals surface area contributed by atoms with Crippen molar-refractivity contribution < 1.29 is 9.53 Å². The summed E-state index contributed by atoms with van der Waals surface area (Å²) in [6.45, 7) is 1.46. The van der Waals surface area contributed by atoms with Crippen LogP contribution in [-0.2, 0) is 11.3 Å². The molecule has 0 fully saturated rings. The largest absolute Gasteiger partial charge is 0.448 e. The number of benzene rings is 1. The molecule has 0 bridgehead atoms. The number of nitrogens with zero attached hydrogens (tertiary/aromatic N) is 1. The molecule has 0 spiro atoms. The molecule has 0 atom stereocenters. The molecule has 0 saturated heterocycles. The summed E-state index contributed by atoms with van der Waals surface area (Å²) in [5.74, 6) is 0. The van der Waals surface area contributed by atoms with E-state index in [-0.39, 0.29) is 6.61 Å². The van der Waals surface area contributed by atoms with E-state index in [1.54, 1.807) is 12.1 Å². The molecule has 0 aliphatic rings. The normalized spacial score (nSPS) is 9.44. The monoisotopic (exact) mass is 219 g/mol. The van der Waals surface area contributed by atoms with E-state index >= 15 is 0 Å². The Morgan fingerprint density at radius 3 is 2.69 bits per heavy atom. The van der Waals surface area contributed by atoms with Gasteiger partial charge in [-0.1, -0.05) is 12.1 Å². The predicted molar refractivity (Wildman–Crippen MR) is 58.4 cm³/mol. The molecule has 0 aliphatic carbocycles. The fraction of sp³-hybridized carbons (Fsp3) is 0.273. The van der Waals surface area contributed by atoms with E-state index < -0.39 is 6.09 Å². The van der Waals surface area contributed by atoms with E-state index in [9.17, 15) is 4.79 Å². The Hall–Kier alpha value is -2.06. The van der Waals surface area contributed by atoms with E-state index in [4.69, 9.17) is 11.0 Å². The molecule has 0 heterocycles. The van der Waals surface area contributed by atoms with Gasteiger partial charge < -0.3 is 15.8 Å². The maximum absolute atomic E-state index is 10.2. The van der Waals surface area contributed by atoms with Gasteiger partial charge in [0.15, 0.2) is 0 Å². The van der Waals surface area contributed by atoms with Crippen LogP contribution in [0.2, 0.25) is 0 Å². The van der Waals surface area contributed by atoms with Crippen LogP contribution >= 0.6 is 0 Å². The third-order valence-electron chi connectivity index (χ3n) is 1.94. The lowest BCUT2D eigenvalue weighted by Crippen LogP contribution is -2.23. The third kappa shape index (κ3) is 4.44. The highest BCUT2D eigenvalue weighted by Crippen LogP contribution is 2.02. The Morgan fingerprint density at radius 2 is 2.12 bits per heavy atom. The lowest BCUT2D eigenvalue weighted by Gasteiger charge is -2.04. The second-order valence-electron chi connectivity index (χ2n) is 3.15. The van der Waals surface area contributed by atoms with Crippen molar-refractivity contribution in [3.8, 4) is 6.07 Å². The standard InChI is InChI=1S/C11H13N3O2/c12-7-9-1-3-10(4-2-9)8-14-5-6-16-11(13)15/h1-4,14H,5-6,8H2,(H2,13,15). The van der Waals surface area contributed by atoms with Gasteiger partial charge in [-0.2, -0.15) is 5.26 Å². The van der Waals surface area contributed by atoms with Crippen molar-refractivity contribution in [3.05, 3.63) is 35.4 Å². The molecule has 1 rings (SSSR count). The van der Waals surface area contributed by atoms with Crippen LogP contribution in [0.5, 0.6) is 0 Å². The van der Waals surface area contributed by atoms with Crippen LogP contribution in [0.15, 0.2) is 24.3 Å². The predicted octanol–water partition coefficient (Wildman–Crippen LogP) is 0.743. The highest BCUT2D eigenvalue weighted by Gasteiger charge is 1.95. The SMILES string of the molecule is N#Cc1ccc(CNCCOC(N)=O)cc1. The summed E-state index contributed by atoms with van der Waals surface area (Å²) in [7, 11) is 0. The van der Waals surface area contributed by atoms with Crippen molar-refractivity contribution in [2.75, 3.05) is 13.2 Å². The fourth-order valence-electron chi connectivity index (χ4n) is 1.15. The van der Waals surface area contributed by atoms with Gasteiger partial charge in [-0.15, -0.1) is 0 Å². The average Bonchev–Trinajstić information content (AvgIpc) is 2.29. The molecule has 1 amide bonds. The summed E-state index contributed by atoms with van der Waals surface area (Å²) in [6.07, 6.45) is -0.764. The van der Waals surface area contributed by atoms with Crippen molar-refractivity contribution in [2.24, 2.45) is 5.73 Å². The highest BCUT2D eigenvalue weighted by molar-refractivity contribution is 5.64. The van der Waals surface area contributed by atoms with E-state index in [0.717, 1.165) is 5.56 Å². The van der Waals surface area contributed by atoms with Crippen molar-refractivity contribution in [2.45, 2.75) is 6.54 Å². The average molecular weight is 219 g/mol. The van der Waals surface area contributed by atoms with Gasteiger partial charge in [0.1, 0.15) is 6.61 Å². The quantitative estimate of drug-likeness (QED) is 0.715. The number of hydrogen-bond donors (Lipinski definition) is 2. The minimum atomic E-state index is -0.764. The van der Waals surface area contributed by atoms with Gasteiger partial charge in [0.05, 0.1) is 11.6 Å². The summed E-state index contributed by atoms with van der Waals surface area (Å²) in [6, 6.07) is 9.32. The molecule has 0 saturated carbocycles. The summed E-state index contributed by atoms with van der Waals surface area (Å²) >= 11 is 0. The minimum absolute atomic E-state index is 0.256. The number of nitrogens with two attached hydrogens (primary N) is 1. The van der Waals surface area contributed by atoms with Crippen molar-refractivity contribution in [3.63, 3.8) is 0 Å². The first-order chi connectivity index (χ1) is 7.72. The molecule has 5 nitrogen and oxygen atoms in total. The summed E-state index contributed by atoms with van der Waals surface area (Å²) in [5, 5.41) is 11.7. The Morgan fingerprint density at radius 1 is 1.44 bits per heavy atom. The number of rotatable bonds is 5. The Balaban J connectivity index is 2.22. The topological polar surface area (TPSA) is 88.1 Å². The smallest absolute Gasteiger partial charge is 0.404 e. The van der Waals surface area contributed by atoms with Crippen molar-refractivity contribution in [1.82, 2.24) is 5.32 Å². The summed E-state index contributed by atoms with van der Waals surface area (Å²) in [5.41, 5.74) is 6.51. The van der Waals surface area contributed by atoms with Crippen molar-refractivity contribution in [1.29, 1.82) is 5.26 Å². The lowest BCUT2D eigenvalue weighted by molar-refractivity contribution is 0.157. The number of nitrogens with one attached hydrogen (secondary N) is 1. The van der Waals surface area contributed by atoms with Crippen LogP contribution in [0.1, 0.15) is 11.1 Å². The zero-order valence-electron chi connectivity index (χ0n) is 8.77. The van der Waals surface area contributed by atoms with E-state index in [1.165, 1.54) is 0 Å². The second kappa shape index (κ2) is 6.43. The Labute approximate surface area is 93.8 Å². The van der Waals surface area contributed by atoms with Gasteiger partial charge in [0, 0.05) is 13.1 Å². The molecule has 16 heavy (non-hydrogen) atoms. The van der Waals surface area contributed by atoms with Crippen LogP contribution in [-0.4, -0.2) is 19.2 Å². The second-order valence-corrected chi connectivity index (χ2v) is 3.15. The number of amides is 1.